The third-order valence-electron chi connectivity index (χ3n) is 5.77. The fraction of sp³-hybridized carbons (Fsp3) is 0.636. The summed E-state index contributed by atoms with van der Waals surface area (Å²) in [6, 6.07) is 6.07. The van der Waals surface area contributed by atoms with Gasteiger partial charge in [-0.2, -0.15) is 0 Å². The molecule has 2 heterocycles. The number of amides is 2. The van der Waals surface area contributed by atoms with E-state index in [-0.39, 0.29) is 11.8 Å². The lowest BCUT2D eigenvalue weighted by molar-refractivity contribution is -0.141. The van der Waals surface area contributed by atoms with Gasteiger partial charge in [0.15, 0.2) is 0 Å². The van der Waals surface area contributed by atoms with E-state index in [9.17, 15) is 9.59 Å². The minimum absolute atomic E-state index is 0.0959. The average molecular weight is 373 g/mol. The van der Waals surface area contributed by atoms with Crippen LogP contribution in [0.3, 0.4) is 0 Å². The topological polar surface area (TPSA) is 49.9 Å². The van der Waals surface area contributed by atoms with Crippen LogP contribution >= 0.6 is 0 Å². The molecule has 2 aliphatic rings. The number of carbonyl (C=O) groups is 2. The molecule has 2 saturated heterocycles. The first-order chi connectivity index (χ1) is 13.0. The number of aryl methyl sites for hydroxylation is 2. The van der Waals surface area contributed by atoms with Crippen molar-refractivity contribution in [3.05, 3.63) is 29.3 Å². The van der Waals surface area contributed by atoms with Crippen LogP contribution in [0.4, 0.5) is 0 Å². The Balaban J connectivity index is 1.39. The Morgan fingerprint density at radius 2 is 1.70 bits per heavy atom. The number of rotatable bonds is 5. The van der Waals surface area contributed by atoms with Crippen molar-refractivity contribution in [2.45, 2.75) is 52.4 Å². The van der Waals surface area contributed by atoms with Gasteiger partial charge in [-0.05, 0) is 57.6 Å². The van der Waals surface area contributed by atoms with Gasteiger partial charge in [0.05, 0.1) is 13.0 Å². The molecule has 1 aromatic rings. The largest absolute Gasteiger partial charge is 0.493 e. The Morgan fingerprint density at radius 3 is 2.37 bits per heavy atom. The second kappa shape index (κ2) is 9.25. The number of ether oxygens (including phenoxy) is 1. The van der Waals surface area contributed by atoms with Crippen LogP contribution < -0.4 is 4.74 Å². The average Bonchev–Trinajstić information content (AvgIpc) is 2.70. The number of carbonyl (C=O) groups excluding carboxylic acids is 2. The Labute approximate surface area is 162 Å². The molecule has 0 spiro atoms. The number of nitrogens with zero attached hydrogens (tertiary/aromatic N) is 2. The first-order valence-corrected chi connectivity index (χ1v) is 10.3. The maximum atomic E-state index is 12.6. The van der Waals surface area contributed by atoms with Crippen molar-refractivity contribution in [2.75, 3.05) is 32.8 Å². The van der Waals surface area contributed by atoms with Gasteiger partial charge in [0, 0.05) is 32.1 Å². The third-order valence-corrected chi connectivity index (χ3v) is 5.77. The summed E-state index contributed by atoms with van der Waals surface area (Å²) < 4.78 is 5.78. The van der Waals surface area contributed by atoms with Crippen molar-refractivity contribution in [1.29, 1.82) is 0 Å². The second-order valence-electron chi connectivity index (χ2n) is 7.91. The molecule has 0 atom stereocenters. The monoisotopic (exact) mass is 372 g/mol. The zero-order chi connectivity index (χ0) is 19.2. The molecule has 0 radical (unpaired) electrons. The minimum atomic E-state index is 0.0959. The quantitative estimate of drug-likeness (QED) is 0.797. The van der Waals surface area contributed by atoms with E-state index in [0.29, 0.717) is 32.0 Å². The smallest absolute Gasteiger partial charge is 0.225 e. The molecule has 0 N–H and O–H groups in total. The maximum absolute atomic E-state index is 12.6. The number of benzene rings is 1. The van der Waals surface area contributed by atoms with E-state index in [2.05, 4.69) is 13.0 Å². The molecule has 2 aliphatic heterocycles. The van der Waals surface area contributed by atoms with Crippen LogP contribution in [0.5, 0.6) is 5.75 Å². The normalized spacial score (nSPS) is 18.4. The summed E-state index contributed by atoms with van der Waals surface area (Å²) in [7, 11) is 0. The molecule has 0 bridgehead atoms. The van der Waals surface area contributed by atoms with Crippen LogP contribution in [0, 0.1) is 19.8 Å². The van der Waals surface area contributed by atoms with Gasteiger partial charge in [-0.25, -0.2) is 0 Å². The molecule has 3 rings (SSSR count). The van der Waals surface area contributed by atoms with Gasteiger partial charge in [0.1, 0.15) is 5.75 Å². The van der Waals surface area contributed by atoms with Gasteiger partial charge < -0.3 is 14.5 Å². The van der Waals surface area contributed by atoms with Crippen molar-refractivity contribution >= 4 is 11.8 Å². The lowest BCUT2D eigenvalue weighted by atomic mass is 9.94. The van der Waals surface area contributed by atoms with Gasteiger partial charge in [0.25, 0.3) is 0 Å². The first kappa shape index (κ1) is 19.7. The fourth-order valence-corrected chi connectivity index (χ4v) is 4.12. The first-order valence-electron chi connectivity index (χ1n) is 10.3. The zero-order valence-corrected chi connectivity index (χ0v) is 16.7. The lowest BCUT2D eigenvalue weighted by Gasteiger charge is -2.35. The van der Waals surface area contributed by atoms with Crippen LogP contribution in [0.25, 0.3) is 0 Å². The number of hydrogen-bond donors (Lipinski definition) is 0. The molecule has 2 amide bonds. The molecule has 27 heavy (non-hydrogen) atoms. The summed E-state index contributed by atoms with van der Waals surface area (Å²) in [6.45, 7) is 7.67. The van der Waals surface area contributed by atoms with E-state index < -0.39 is 0 Å². The van der Waals surface area contributed by atoms with Gasteiger partial charge >= 0.3 is 0 Å². The predicted octanol–water partition coefficient (Wildman–Crippen LogP) is 3.32. The van der Waals surface area contributed by atoms with Crippen LogP contribution in [-0.2, 0) is 9.59 Å². The molecular formula is C22H32N2O3. The summed E-state index contributed by atoms with van der Waals surface area (Å²) in [5, 5.41) is 0. The van der Waals surface area contributed by atoms with E-state index in [1.54, 1.807) is 0 Å². The predicted molar refractivity (Wildman–Crippen MR) is 106 cm³/mol. The van der Waals surface area contributed by atoms with Crippen molar-refractivity contribution < 1.29 is 14.3 Å². The van der Waals surface area contributed by atoms with Gasteiger partial charge in [-0.15, -0.1) is 0 Å². The van der Waals surface area contributed by atoms with E-state index >= 15 is 0 Å². The van der Waals surface area contributed by atoms with E-state index in [1.165, 1.54) is 12.0 Å². The number of likely N-dealkylation sites (tertiary alicyclic amines) is 2. The lowest BCUT2D eigenvalue weighted by Crippen LogP contribution is -2.45. The number of hydrogen-bond acceptors (Lipinski definition) is 3. The summed E-state index contributed by atoms with van der Waals surface area (Å²) in [4.78, 5) is 29.0. The van der Waals surface area contributed by atoms with Gasteiger partial charge in [-0.1, -0.05) is 17.7 Å². The van der Waals surface area contributed by atoms with Crippen molar-refractivity contribution in [3.8, 4) is 5.75 Å². The Kier molecular flexibility index (Phi) is 6.75. The van der Waals surface area contributed by atoms with Crippen LogP contribution in [0.1, 0.15) is 49.7 Å². The van der Waals surface area contributed by atoms with E-state index in [0.717, 1.165) is 50.1 Å². The highest BCUT2D eigenvalue weighted by Gasteiger charge is 2.30. The van der Waals surface area contributed by atoms with Gasteiger partial charge in [-0.3, -0.25) is 9.59 Å². The van der Waals surface area contributed by atoms with Gasteiger partial charge in [0.2, 0.25) is 11.8 Å². The molecule has 148 valence electrons. The molecule has 0 aromatic heterocycles. The maximum Gasteiger partial charge on any atom is 0.225 e. The molecule has 1 aromatic carbocycles. The highest BCUT2D eigenvalue weighted by Crippen LogP contribution is 2.23. The van der Waals surface area contributed by atoms with Crippen LogP contribution in [0.15, 0.2) is 18.2 Å². The highest BCUT2D eigenvalue weighted by atomic mass is 16.5. The molecule has 0 aliphatic carbocycles. The Bertz CT molecular complexity index is 660. The van der Waals surface area contributed by atoms with Crippen LogP contribution in [0.2, 0.25) is 0 Å². The van der Waals surface area contributed by atoms with Crippen molar-refractivity contribution in [3.63, 3.8) is 0 Å². The van der Waals surface area contributed by atoms with Crippen molar-refractivity contribution in [2.24, 2.45) is 5.92 Å². The summed E-state index contributed by atoms with van der Waals surface area (Å²) in [6.07, 6.45) is 5.46. The summed E-state index contributed by atoms with van der Waals surface area (Å²) in [5.41, 5.74) is 2.30. The molecule has 2 fully saturated rings. The Morgan fingerprint density at radius 1 is 1.00 bits per heavy atom. The SMILES string of the molecule is Cc1ccc(OCCC(=O)N2CCC(C(=O)N3CCCCC3)CC2)c(C)c1. The summed E-state index contributed by atoms with van der Waals surface area (Å²) >= 11 is 0. The zero-order valence-electron chi connectivity index (χ0n) is 16.7. The molecule has 0 unspecified atom stereocenters. The van der Waals surface area contributed by atoms with E-state index in [1.807, 2.05) is 28.9 Å². The third kappa shape index (κ3) is 5.24. The highest BCUT2D eigenvalue weighted by molar-refractivity contribution is 5.80. The second-order valence-corrected chi connectivity index (χ2v) is 7.91. The minimum Gasteiger partial charge on any atom is -0.493 e. The summed E-state index contributed by atoms with van der Waals surface area (Å²) in [5.74, 6) is 1.38. The van der Waals surface area contributed by atoms with Crippen LogP contribution in [-0.4, -0.2) is 54.4 Å². The Hall–Kier alpha value is -2.04. The fourth-order valence-electron chi connectivity index (χ4n) is 4.12. The molecule has 0 saturated carbocycles. The molecule has 5 heteroatoms. The molecule has 5 nitrogen and oxygen atoms in total. The van der Waals surface area contributed by atoms with E-state index in [4.69, 9.17) is 4.74 Å². The standard InChI is InChI=1S/C22H32N2O3/c1-17-6-7-20(18(2)16-17)27-15-10-21(25)23-13-8-19(9-14-23)22(26)24-11-4-3-5-12-24/h6-7,16,19H,3-5,8-15H2,1-2H3. The number of piperidine rings is 2. The van der Waals surface area contributed by atoms with Crippen molar-refractivity contribution in [1.82, 2.24) is 9.80 Å². The molecular weight excluding hydrogens is 340 g/mol.